The molecular formula is C25H26N2O4. The summed E-state index contributed by atoms with van der Waals surface area (Å²) in [5.74, 6) is 1.00. The summed E-state index contributed by atoms with van der Waals surface area (Å²) < 4.78 is 10.9. The van der Waals surface area contributed by atoms with Gasteiger partial charge in [0.25, 0.3) is 0 Å². The molecule has 0 heterocycles. The minimum absolute atomic E-state index is 0.489. The van der Waals surface area contributed by atoms with E-state index in [2.05, 4.69) is 10.6 Å². The number of carbonyl (C=O) groups is 2. The van der Waals surface area contributed by atoms with E-state index in [1.165, 1.54) is 0 Å². The van der Waals surface area contributed by atoms with Crippen molar-refractivity contribution < 1.29 is 19.1 Å². The molecule has 0 spiro atoms. The second-order valence-corrected chi connectivity index (χ2v) is 7.45. The van der Waals surface area contributed by atoms with Crippen molar-refractivity contribution in [2.24, 2.45) is 0 Å². The smallest absolute Gasteiger partial charge is 0.410 e. The van der Waals surface area contributed by atoms with Gasteiger partial charge in [-0.3, -0.25) is 10.6 Å². The Morgan fingerprint density at radius 3 is 1.71 bits per heavy atom. The summed E-state index contributed by atoms with van der Waals surface area (Å²) >= 11 is 0. The average molecular weight is 418 g/mol. The van der Waals surface area contributed by atoms with Crippen LogP contribution in [0.25, 0.3) is 0 Å². The Morgan fingerprint density at radius 2 is 1.16 bits per heavy atom. The summed E-state index contributed by atoms with van der Waals surface area (Å²) in [6, 6.07) is 16.3. The third kappa shape index (κ3) is 5.42. The number of carbonyl (C=O) groups excluding carboxylic acids is 2. The normalized spacial score (nSPS) is 10.4. The first-order chi connectivity index (χ1) is 14.7. The number of nitrogens with one attached hydrogen (secondary N) is 2. The maximum atomic E-state index is 12.4. The van der Waals surface area contributed by atoms with Crippen molar-refractivity contribution in [2.45, 2.75) is 34.6 Å². The summed E-state index contributed by atoms with van der Waals surface area (Å²) in [6.45, 7) is 9.56. The van der Waals surface area contributed by atoms with Gasteiger partial charge in [0, 0.05) is 11.4 Å². The number of anilines is 2. The van der Waals surface area contributed by atoms with Gasteiger partial charge in [-0.2, -0.15) is 0 Å². The number of hydrogen-bond donors (Lipinski definition) is 2. The lowest BCUT2D eigenvalue weighted by atomic mass is 10.1. The largest absolute Gasteiger partial charge is 0.417 e. The average Bonchev–Trinajstić information content (AvgIpc) is 2.71. The number of hydrogen-bond acceptors (Lipinski definition) is 4. The van der Waals surface area contributed by atoms with Gasteiger partial charge in [-0.15, -0.1) is 0 Å². The van der Waals surface area contributed by atoms with Crippen molar-refractivity contribution in [3.05, 3.63) is 82.4 Å². The summed E-state index contributed by atoms with van der Waals surface area (Å²) in [5, 5.41) is 5.42. The van der Waals surface area contributed by atoms with Gasteiger partial charge in [-0.1, -0.05) is 30.3 Å². The predicted octanol–water partition coefficient (Wildman–Crippen LogP) is 6.45. The Labute approximate surface area is 182 Å². The fraction of sp³-hybridized carbons (Fsp3) is 0.200. The molecule has 3 aromatic carbocycles. The van der Waals surface area contributed by atoms with Gasteiger partial charge in [0.05, 0.1) is 0 Å². The first-order valence-electron chi connectivity index (χ1n) is 9.95. The van der Waals surface area contributed by atoms with Gasteiger partial charge in [0.1, 0.15) is 11.5 Å². The van der Waals surface area contributed by atoms with Crippen molar-refractivity contribution in [3.8, 4) is 11.5 Å². The van der Waals surface area contributed by atoms with Crippen LogP contribution in [-0.2, 0) is 0 Å². The molecule has 0 radical (unpaired) electrons. The highest BCUT2D eigenvalue weighted by Crippen LogP contribution is 2.25. The minimum atomic E-state index is -0.610. The van der Waals surface area contributed by atoms with Gasteiger partial charge < -0.3 is 9.47 Å². The van der Waals surface area contributed by atoms with Crippen LogP contribution in [0.15, 0.2) is 54.6 Å². The van der Waals surface area contributed by atoms with Crippen molar-refractivity contribution in [3.63, 3.8) is 0 Å². The molecule has 0 atom stereocenters. The maximum Gasteiger partial charge on any atom is 0.417 e. The molecule has 3 rings (SSSR count). The van der Waals surface area contributed by atoms with E-state index in [-0.39, 0.29) is 0 Å². The zero-order valence-electron chi connectivity index (χ0n) is 18.3. The highest BCUT2D eigenvalue weighted by Gasteiger charge is 2.13. The SMILES string of the molecule is Cc1ccc(NC(=O)Oc2cccc(C)c2C)cc1NC(=O)Oc1cccc(C)c1C. The molecule has 2 amide bonds. The molecule has 6 nitrogen and oxygen atoms in total. The van der Waals surface area contributed by atoms with Gasteiger partial charge >= 0.3 is 12.2 Å². The fourth-order valence-corrected chi connectivity index (χ4v) is 2.98. The Morgan fingerprint density at radius 1 is 0.645 bits per heavy atom. The number of benzene rings is 3. The van der Waals surface area contributed by atoms with Crippen LogP contribution in [-0.4, -0.2) is 12.2 Å². The standard InChI is InChI=1S/C25H26N2O4/c1-15-8-6-10-22(18(15)4)30-24(28)26-20-13-12-17(3)21(14-20)27-25(29)31-23-11-7-9-16(2)19(23)5/h6-14H,1-5H3,(H,26,28)(H,27,29). The summed E-state index contributed by atoms with van der Waals surface area (Å²) in [7, 11) is 0. The van der Waals surface area contributed by atoms with Crippen molar-refractivity contribution in [1.82, 2.24) is 0 Å². The highest BCUT2D eigenvalue weighted by molar-refractivity contribution is 5.91. The molecule has 0 saturated heterocycles. The number of amides is 2. The molecule has 0 aliphatic carbocycles. The minimum Gasteiger partial charge on any atom is -0.410 e. The molecule has 0 aliphatic heterocycles. The first kappa shape index (κ1) is 21.9. The Kier molecular flexibility index (Phi) is 6.60. The molecule has 0 aliphatic rings. The lowest BCUT2D eigenvalue weighted by molar-refractivity contribution is 0.214. The maximum absolute atomic E-state index is 12.4. The van der Waals surface area contributed by atoms with Crippen molar-refractivity contribution in [2.75, 3.05) is 10.6 Å². The Bertz CT molecular complexity index is 1140. The van der Waals surface area contributed by atoms with Crippen molar-refractivity contribution in [1.29, 1.82) is 0 Å². The summed E-state index contributed by atoms with van der Waals surface area (Å²) in [4.78, 5) is 24.7. The number of aryl methyl sites for hydroxylation is 3. The Hall–Kier alpha value is -3.80. The molecule has 160 valence electrons. The quantitative estimate of drug-likeness (QED) is 0.510. The van der Waals surface area contributed by atoms with E-state index in [1.54, 1.807) is 30.3 Å². The summed E-state index contributed by atoms with van der Waals surface area (Å²) in [5.41, 5.74) is 5.72. The predicted molar refractivity (Wildman–Crippen MR) is 122 cm³/mol. The summed E-state index contributed by atoms with van der Waals surface area (Å²) in [6.07, 6.45) is -1.21. The lowest BCUT2D eigenvalue weighted by Crippen LogP contribution is -2.19. The number of ether oxygens (including phenoxy) is 2. The van der Waals surface area contributed by atoms with E-state index in [9.17, 15) is 9.59 Å². The van der Waals surface area contributed by atoms with Gasteiger partial charge in [0.15, 0.2) is 0 Å². The Balaban J connectivity index is 1.68. The monoisotopic (exact) mass is 418 g/mol. The second kappa shape index (κ2) is 9.34. The van der Waals surface area contributed by atoms with Crippen LogP contribution in [0, 0.1) is 34.6 Å². The van der Waals surface area contributed by atoms with Crippen LogP contribution >= 0.6 is 0 Å². The first-order valence-corrected chi connectivity index (χ1v) is 9.95. The van der Waals surface area contributed by atoms with E-state index in [0.29, 0.717) is 22.9 Å². The lowest BCUT2D eigenvalue weighted by Gasteiger charge is -2.14. The van der Waals surface area contributed by atoms with Gasteiger partial charge in [0.2, 0.25) is 0 Å². The van der Waals surface area contributed by atoms with E-state index in [1.807, 2.05) is 58.9 Å². The molecule has 0 unspecified atom stereocenters. The second-order valence-electron chi connectivity index (χ2n) is 7.45. The van der Waals surface area contributed by atoms with E-state index in [0.717, 1.165) is 27.8 Å². The van der Waals surface area contributed by atoms with Gasteiger partial charge in [-0.05, 0) is 86.7 Å². The molecule has 3 aromatic rings. The van der Waals surface area contributed by atoms with E-state index < -0.39 is 12.2 Å². The molecule has 2 N–H and O–H groups in total. The molecule has 0 aromatic heterocycles. The third-order valence-electron chi connectivity index (χ3n) is 5.24. The third-order valence-corrected chi connectivity index (χ3v) is 5.24. The van der Waals surface area contributed by atoms with Crippen molar-refractivity contribution >= 4 is 23.6 Å². The molecule has 31 heavy (non-hydrogen) atoms. The molecule has 0 bridgehead atoms. The van der Waals surface area contributed by atoms with Crippen LogP contribution in [0.3, 0.4) is 0 Å². The molecule has 0 fully saturated rings. The topological polar surface area (TPSA) is 76.7 Å². The van der Waals surface area contributed by atoms with Crippen LogP contribution < -0.4 is 20.1 Å². The zero-order valence-corrected chi connectivity index (χ0v) is 18.3. The molecular weight excluding hydrogens is 392 g/mol. The molecule has 0 saturated carbocycles. The fourth-order valence-electron chi connectivity index (χ4n) is 2.98. The van der Waals surface area contributed by atoms with E-state index in [4.69, 9.17) is 9.47 Å². The van der Waals surface area contributed by atoms with Crippen LogP contribution in [0.4, 0.5) is 21.0 Å². The van der Waals surface area contributed by atoms with E-state index >= 15 is 0 Å². The highest BCUT2D eigenvalue weighted by atomic mass is 16.6. The molecule has 6 heteroatoms. The van der Waals surface area contributed by atoms with Crippen LogP contribution in [0.2, 0.25) is 0 Å². The van der Waals surface area contributed by atoms with Gasteiger partial charge in [-0.25, -0.2) is 9.59 Å². The number of rotatable bonds is 4. The zero-order chi connectivity index (χ0) is 22.5. The van der Waals surface area contributed by atoms with Crippen LogP contribution in [0.1, 0.15) is 27.8 Å². The van der Waals surface area contributed by atoms with Crippen LogP contribution in [0.5, 0.6) is 11.5 Å².